The zero-order chi connectivity index (χ0) is 16.1. The second-order valence-electron chi connectivity index (χ2n) is 3.94. The lowest BCUT2D eigenvalue weighted by Gasteiger charge is -2.12. The van der Waals surface area contributed by atoms with E-state index in [1.165, 1.54) is 7.05 Å². The molecule has 0 saturated carbocycles. The normalized spacial score (nSPS) is 12.2. The Hall–Kier alpha value is -1.62. The molecule has 1 heterocycles. The number of anilines is 2. The standard InChI is InChI=1S/C10H16F3N5O2S/c1-3-15-9-17-7(10(11,12)13)6-8(18-9)16-4-5-21(19,20)14-2/h6,14H,3-5H2,1-2H3,(H2,15,16,17,18). The van der Waals surface area contributed by atoms with E-state index in [4.69, 9.17) is 0 Å². The van der Waals surface area contributed by atoms with Gasteiger partial charge in [-0.25, -0.2) is 18.1 Å². The zero-order valence-corrected chi connectivity index (χ0v) is 12.3. The zero-order valence-electron chi connectivity index (χ0n) is 11.5. The van der Waals surface area contributed by atoms with E-state index in [0.717, 1.165) is 6.07 Å². The predicted molar refractivity (Wildman–Crippen MR) is 72.5 cm³/mol. The molecule has 0 radical (unpaired) electrons. The molecule has 0 amide bonds. The van der Waals surface area contributed by atoms with Gasteiger partial charge < -0.3 is 10.6 Å². The van der Waals surface area contributed by atoms with E-state index in [2.05, 4.69) is 25.3 Å². The van der Waals surface area contributed by atoms with E-state index in [1.807, 2.05) is 0 Å². The van der Waals surface area contributed by atoms with Crippen LogP contribution in [0.5, 0.6) is 0 Å². The molecule has 7 nitrogen and oxygen atoms in total. The summed E-state index contributed by atoms with van der Waals surface area (Å²) in [6.45, 7) is 1.97. The van der Waals surface area contributed by atoms with Crippen LogP contribution in [0.15, 0.2) is 6.07 Å². The van der Waals surface area contributed by atoms with Gasteiger partial charge in [0, 0.05) is 19.2 Å². The SMILES string of the molecule is CCNc1nc(NCCS(=O)(=O)NC)cc(C(F)(F)F)n1. The molecule has 1 aromatic rings. The fourth-order valence-corrected chi connectivity index (χ4v) is 1.91. The number of halogens is 3. The van der Waals surface area contributed by atoms with Crippen molar-refractivity contribution >= 4 is 21.8 Å². The molecule has 1 aromatic heterocycles. The molecule has 0 atom stereocenters. The quantitative estimate of drug-likeness (QED) is 0.688. The van der Waals surface area contributed by atoms with Crippen molar-refractivity contribution in [3.63, 3.8) is 0 Å². The number of nitrogens with one attached hydrogen (secondary N) is 3. The van der Waals surface area contributed by atoms with Crippen LogP contribution in [0.3, 0.4) is 0 Å². The lowest BCUT2D eigenvalue weighted by Crippen LogP contribution is -2.26. The predicted octanol–water partition coefficient (Wildman–Crippen LogP) is 0.888. The Morgan fingerprint density at radius 2 is 1.90 bits per heavy atom. The van der Waals surface area contributed by atoms with Crippen molar-refractivity contribution in [3.05, 3.63) is 11.8 Å². The summed E-state index contributed by atoms with van der Waals surface area (Å²) in [6, 6.07) is 0.729. The highest BCUT2D eigenvalue weighted by molar-refractivity contribution is 7.89. The molecular weight excluding hydrogens is 311 g/mol. The Morgan fingerprint density at radius 3 is 2.43 bits per heavy atom. The highest BCUT2D eigenvalue weighted by atomic mass is 32.2. The molecule has 0 fully saturated rings. The van der Waals surface area contributed by atoms with Gasteiger partial charge in [-0.1, -0.05) is 0 Å². The summed E-state index contributed by atoms with van der Waals surface area (Å²) in [7, 11) is -2.19. The number of alkyl halides is 3. The molecular formula is C10H16F3N5O2S. The molecule has 0 unspecified atom stereocenters. The molecule has 0 aliphatic carbocycles. The molecule has 0 spiro atoms. The van der Waals surface area contributed by atoms with Crippen LogP contribution in [0, 0.1) is 0 Å². The Morgan fingerprint density at radius 1 is 1.24 bits per heavy atom. The molecule has 11 heteroatoms. The lowest BCUT2D eigenvalue weighted by molar-refractivity contribution is -0.141. The van der Waals surface area contributed by atoms with Crippen molar-refractivity contribution in [1.29, 1.82) is 0 Å². The van der Waals surface area contributed by atoms with Gasteiger partial charge >= 0.3 is 6.18 Å². The number of rotatable bonds is 7. The minimum Gasteiger partial charge on any atom is -0.369 e. The van der Waals surface area contributed by atoms with Gasteiger partial charge in [0.15, 0.2) is 5.69 Å². The summed E-state index contributed by atoms with van der Waals surface area (Å²) in [5.74, 6) is -0.559. The van der Waals surface area contributed by atoms with E-state index in [9.17, 15) is 21.6 Å². The summed E-state index contributed by atoms with van der Waals surface area (Å²) in [4.78, 5) is 7.18. The van der Waals surface area contributed by atoms with Gasteiger partial charge in [0.2, 0.25) is 16.0 Å². The lowest BCUT2D eigenvalue weighted by atomic mass is 10.3. The van der Waals surface area contributed by atoms with Gasteiger partial charge in [-0.15, -0.1) is 0 Å². The third kappa shape index (κ3) is 5.71. The first-order valence-electron chi connectivity index (χ1n) is 6.03. The molecule has 3 N–H and O–H groups in total. The van der Waals surface area contributed by atoms with Crippen molar-refractivity contribution in [2.45, 2.75) is 13.1 Å². The first-order chi connectivity index (χ1) is 9.68. The van der Waals surface area contributed by atoms with Crippen molar-refractivity contribution < 1.29 is 21.6 Å². The molecule has 0 aliphatic heterocycles. The van der Waals surface area contributed by atoms with Crippen LogP contribution in [-0.4, -0.2) is 44.3 Å². The van der Waals surface area contributed by atoms with Crippen molar-refractivity contribution in [3.8, 4) is 0 Å². The monoisotopic (exact) mass is 327 g/mol. The maximum atomic E-state index is 12.7. The average Bonchev–Trinajstić information content (AvgIpc) is 2.38. The minimum atomic E-state index is -4.61. The summed E-state index contributed by atoms with van der Waals surface area (Å²) < 4.78 is 62.6. The van der Waals surface area contributed by atoms with E-state index in [-0.39, 0.29) is 24.1 Å². The highest BCUT2D eigenvalue weighted by Gasteiger charge is 2.33. The third-order valence-corrected chi connectivity index (χ3v) is 3.70. The Labute approximate surface area is 120 Å². The number of hydrogen-bond donors (Lipinski definition) is 3. The molecule has 21 heavy (non-hydrogen) atoms. The first-order valence-corrected chi connectivity index (χ1v) is 7.68. The van der Waals surface area contributed by atoms with Gasteiger partial charge in [0.1, 0.15) is 5.82 Å². The van der Waals surface area contributed by atoms with Crippen LogP contribution in [0.2, 0.25) is 0 Å². The first kappa shape index (κ1) is 17.4. The molecule has 0 bridgehead atoms. The minimum absolute atomic E-state index is 0.0803. The molecule has 1 rings (SSSR count). The second kappa shape index (κ2) is 6.89. The smallest absolute Gasteiger partial charge is 0.369 e. The van der Waals surface area contributed by atoms with Crippen LogP contribution in [0.25, 0.3) is 0 Å². The van der Waals surface area contributed by atoms with Crippen LogP contribution in [0.1, 0.15) is 12.6 Å². The van der Waals surface area contributed by atoms with E-state index >= 15 is 0 Å². The highest BCUT2D eigenvalue weighted by Crippen LogP contribution is 2.29. The van der Waals surface area contributed by atoms with Gasteiger partial charge in [0.05, 0.1) is 5.75 Å². The maximum absolute atomic E-state index is 12.7. The topological polar surface area (TPSA) is 96.0 Å². The maximum Gasteiger partial charge on any atom is 0.433 e. The van der Waals surface area contributed by atoms with Gasteiger partial charge in [-0.05, 0) is 14.0 Å². The Bertz CT molecular complexity index is 577. The fourth-order valence-electron chi connectivity index (χ4n) is 1.34. The Kier molecular flexibility index (Phi) is 5.72. The largest absolute Gasteiger partial charge is 0.433 e. The van der Waals surface area contributed by atoms with E-state index in [1.54, 1.807) is 6.92 Å². The molecule has 0 aliphatic rings. The Balaban J connectivity index is 2.88. The summed E-state index contributed by atoms with van der Waals surface area (Å²) in [6.07, 6.45) is -4.61. The number of sulfonamides is 1. The summed E-state index contributed by atoms with van der Waals surface area (Å²) in [5, 5.41) is 5.12. The van der Waals surface area contributed by atoms with Crippen LogP contribution in [-0.2, 0) is 16.2 Å². The van der Waals surface area contributed by atoms with Gasteiger partial charge in [-0.2, -0.15) is 18.2 Å². The molecule has 120 valence electrons. The van der Waals surface area contributed by atoms with Crippen LogP contribution in [0.4, 0.5) is 24.9 Å². The number of aromatic nitrogens is 2. The van der Waals surface area contributed by atoms with Crippen molar-refractivity contribution in [1.82, 2.24) is 14.7 Å². The fraction of sp³-hybridized carbons (Fsp3) is 0.600. The van der Waals surface area contributed by atoms with Gasteiger partial charge in [-0.3, -0.25) is 0 Å². The average molecular weight is 327 g/mol. The van der Waals surface area contributed by atoms with Crippen molar-refractivity contribution in [2.75, 3.05) is 36.5 Å². The van der Waals surface area contributed by atoms with Crippen molar-refractivity contribution in [2.24, 2.45) is 0 Å². The number of hydrogen-bond acceptors (Lipinski definition) is 6. The molecule has 0 aromatic carbocycles. The van der Waals surface area contributed by atoms with E-state index in [0.29, 0.717) is 6.54 Å². The van der Waals surface area contributed by atoms with Crippen LogP contribution >= 0.6 is 0 Å². The second-order valence-corrected chi connectivity index (χ2v) is 5.99. The van der Waals surface area contributed by atoms with Crippen LogP contribution < -0.4 is 15.4 Å². The van der Waals surface area contributed by atoms with E-state index < -0.39 is 21.9 Å². The number of nitrogens with zero attached hydrogens (tertiary/aromatic N) is 2. The third-order valence-electron chi connectivity index (χ3n) is 2.34. The molecule has 0 saturated heterocycles. The summed E-state index contributed by atoms with van der Waals surface area (Å²) >= 11 is 0. The van der Waals surface area contributed by atoms with Gasteiger partial charge in [0.25, 0.3) is 0 Å². The summed E-state index contributed by atoms with van der Waals surface area (Å²) in [5.41, 5.74) is -1.10.